The van der Waals surface area contributed by atoms with Gasteiger partial charge in [0.05, 0.1) is 24.4 Å². The Morgan fingerprint density at radius 2 is 1.97 bits per heavy atom. The van der Waals surface area contributed by atoms with Gasteiger partial charge in [0.15, 0.2) is 0 Å². The summed E-state index contributed by atoms with van der Waals surface area (Å²) in [6.07, 6.45) is 15.0. The van der Waals surface area contributed by atoms with E-state index in [1.807, 2.05) is 0 Å². The summed E-state index contributed by atoms with van der Waals surface area (Å²) in [7, 11) is 0. The van der Waals surface area contributed by atoms with E-state index in [4.69, 9.17) is 9.47 Å². The molecule has 208 valence electrons. The lowest BCUT2D eigenvalue weighted by Crippen LogP contribution is -2.55. The van der Waals surface area contributed by atoms with Crippen LogP contribution in [0.3, 0.4) is 0 Å². The predicted octanol–water partition coefficient (Wildman–Crippen LogP) is 6.22. The van der Waals surface area contributed by atoms with Gasteiger partial charge in [0.1, 0.15) is 0 Å². The van der Waals surface area contributed by atoms with Gasteiger partial charge in [-0.25, -0.2) is 0 Å². The highest BCUT2D eigenvalue weighted by Crippen LogP contribution is 2.87. The maximum Gasteiger partial charge on any atom is 0.0787 e. The molecule has 0 aromatic carbocycles. The molecule has 0 amide bonds. The molecule has 2 saturated heterocycles. The third-order valence-corrected chi connectivity index (χ3v) is 13.8. The third kappa shape index (κ3) is 3.28. The Bertz CT molecular complexity index is 950. The van der Waals surface area contributed by atoms with Gasteiger partial charge in [-0.15, -0.1) is 0 Å². The fourth-order valence-electron chi connectivity index (χ4n) is 12.1. The van der Waals surface area contributed by atoms with E-state index in [1.54, 1.807) is 5.57 Å². The Morgan fingerprint density at radius 3 is 2.78 bits per heavy atom. The summed E-state index contributed by atoms with van der Waals surface area (Å²) in [5, 5.41) is 10.4. The molecule has 0 bridgehead atoms. The summed E-state index contributed by atoms with van der Waals surface area (Å²) in [4.78, 5) is 2.78. The standard InChI is InChI=1S/C33H53NO3/c1-6-14-36-15-13-34-19-21(2)16-28-29(34)22(3)33(37-28)12-10-26-25-8-7-23-17-24(35)9-11-30(23,4)27(25)18-32(26)20-31(32,33)5/h7,21-22,24-29,35H,6,8-20H2,1-5H3/t21-,22+,24-,25-,26-,27-,28+,29-,30-,31?,32?,33+/m0/s1. The Hall–Kier alpha value is -0.420. The molecule has 37 heavy (non-hydrogen) atoms. The number of aliphatic hydroxyl groups excluding tert-OH is 1. The van der Waals surface area contributed by atoms with Crippen molar-refractivity contribution in [2.45, 2.75) is 123 Å². The maximum atomic E-state index is 10.4. The molecule has 2 heterocycles. The topological polar surface area (TPSA) is 41.9 Å². The van der Waals surface area contributed by atoms with Gasteiger partial charge in [-0.2, -0.15) is 0 Å². The highest BCUT2D eigenvalue weighted by Gasteiger charge is 2.84. The molecule has 0 aromatic heterocycles. The van der Waals surface area contributed by atoms with E-state index < -0.39 is 0 Å². The smallest absolute Gasteiger partial charge is 0.0787 e. The first-order valence-corrected chi connectivity index (χ1v) is 16.1. The van der Waals surface area contributed by atoms with Gasteiger partial charge in [-0.3, -0.25) is 4.90 Å². The molecule has 4 nitrogen and oxygen atoms in total. The van der Waals surface area contributed by atoms with Gasteiger partial charge >= 0.3 is 0 Å². The maximum absolute atomic E-state index is 10.4. The highest BCUT2D eigenvalue weighted by atomic mass is 16.5. The summed E-state index contributed by atoms with van der Waals surface area (Å²) in [5.74, 6) is 3.85. The van der Waals surface area contributed by atoms with Crippen LogP contribution in [0.4, 0.5) is 0 Å². The normalized spacial score (nSPS) is 56.2. The fourth-order valence-corrected chi connectivity index (χ4v) is 12.1. The zero-order valence-corrected chi connectivity index (χ0v) is 24.3. The second-order valence-corrected chi connectivity index (χ2v) is 15.3. The van der Waals surface area contributed by atoms with Crippen LogP contribution < -0.4 is 0 Å². The van der Waals surface area contributed by atoms with Crippen LogP contribution in [0.25, 0.3) is 0 Å². The van der Waals surface area contributed by atoms with Crippen LogP contribution in [-0.2, 0) is 9.47 Å². The molecular formula is C33H53NO3. The molecule has 2 aliphatic heterocycles. The zero-order valence-electron chi connectivity index (χ0n) is 24.3. The molecule has 2 unspecified atom stereocenters. The van der Waals surface area contributed by atoms with E-state index in [0.717, 1.165) is 56.8 Å². The number of ether oxygens (including phenoxy) is 2. The average molecular weight is 512 g/mol. The van der Waals surface area contributed by atoms with Crippen LogP contribution in [0.1, 0.15) is 98.8 Å². The van der Waals surface area contributed by atoms with Crippen molar-refractivity contribution in [1.82, 2.24) is 4.90 Å². The van der Waals surface area contributed by atoms with E-state index in [2.05, 4.69) is 45.6 Å². The van der Waals surface area contributed by atoms with E-state index in [0.29, 0.717) is 40.2 Å². The zero-order chi connectivity index (χ0) is 25.8. The van der Waals surface area contributed by atoms with Gasteiger partial charge in [0.25, 0.3) is 0 Å². The number of fused-ring (bicyclic) bond motifs is 6. The predicted molar refractivity (Wildman–Crippen MR) is 147 cm³/mol. The van der Waals surface area contributed by atoms with Gasteiger partial charge in [0.2, 0.25) is 0 Å². The van der Waals surface area contributed by atoms with Gasteiger partial charge < -0.3 is 14.6 Å². The van der Waals surface area contributed by atoms with Crippen molar-refractivity contribution in [2.75, 3.05) is 26.3 Å². The minimum atomic E-state index is -0.110. The van der Waals surface area contributed by atoms with E-state index in [9.17, 15) is 5.11 Å². The van der Waals surface area contributed by atoms with Crippen molar-refractivity contribution in [1.29, 1.82) is 0 Å². The molecule has 1 N–H and O–H groups in total. The average Bonchev–Trinajstić information content (AvgIpc) is 3.20. The number of likely N-dealkylation sites (tertiary alicyclic amines) is 1. The van der Waals surface area contributed by atoms with Gasteiger partial charge in [0, 0.05) is 37.1 Å². The number of rotatable bonds is 5. The third-order valence-electron chi connectivity index (χ3n) is 13.8. The van der Waals surface area contributed by atoms with Crippen molar-refractivity contribution in [3.05, 3.63) is 11.6 Å². The minimum absolute atomic E-state index is 0.0544. The second kappa shape index (κ2) is 8.54. The first kappa shape index (κ1) is 25.5. The summed E-state index contributed by atoms with van der Waals surface area (Å²) >= 11 is 0. The lowest BCUT2D eigenvalue weighted by Gasteiger charge is -2.50. The molecule has 0 radical (unpaired) electrons. The summed E-state index contributed by atoms with van der Waals surface area (Å²) in [6.45, 7) is 16.5. The number of piperidine rings is 1. The van der Waals surface area contributed by atoms with E-state index in [-0.39, 0.29) is 11.7 Å². The minimum Gasteiger partial charge on any atom is -0.393 e. The monoisotopic (exact) mass is 511 g/mol. The Labute approximate surface area is 225 Å². The summed E-state index contributed by atoms with van der Waals surface area (Å²) < 4.78 is 13.4. The van der Waals surface area contributed by atoms with Crippen molar-refractivity contribution >= 4 is 0 Å². The van der Waals surface area contributed by atoms with Gasteiger partial charge in [-0.05, 0) is 98.7 Å². The molecule has 0 aromatic rings. The van der Waals surface area contributed by atoms with Gasteiger partial charge in [-0.1, -0.05) is 46.3 Å². The summed E-state index contributed by atoms with van der Waals surface area (Å²) in [6, 6.07) is 0.557. The molecule has 12 atom stereocenters. The molecule has 4 saturated carbocycles. The van der Waals surface area contributed by atoms with Crippen molar-refractivity contribution in [3.8, 4) is 0 Å². The Balaban J connectivity index is 1.16. The van der Waals surface area contributed by atoms with Crippen molar-refractivity contribution in [2.24, 2.45) is 45.8 Å². The molecule has 5 aliphatic carbocycles. The summed E-state index contributed by atoms with van der Waals surface area (Å²) in [5.41, 5.74) is 2.80. The number of hydrogen-bond donors (Lipinski definition) is 1. The quantitative estimate of drug-likeness (QED) is 0.351. The molecule has 7 rings (SSSR count). The number of nitrogens with zero attached hydrogens (tertiary/aromatic N) is 1. The Morgan fingerprint density at radius 1 is 1.14 bits per heavy atom. The SMILES string of the molecule is CCCOCCN1C[C@@H](C)C[C@H]2O[C@]3(CC[C@H]4[C@@H]5CC=C6C[C@@H](O)CC[C@]6(C)[C@H]5CC45CC53C)[C@H](C)[C@@H]21. The van der Waals surface area contributed by atoms with Crippen LogP contribution in [0.15, 0.2) is 11.6 Å². The van der Waals surface area contributed by atoms with Crippen LogP contribution in [-0.4, -0.2) is 60.2 Å². The molecule has 6 fully saturated rings. The molecular weight excluding hydrogens is 458 g/mol. The lowest BCUT2D eigenvalue weighted by atomic mass is 9.56. The van der Waals surface area contributed by atoms with E-state index in [1.165, 1.54) is 51.5 Å². The first-order valence-electron chi connectivity index (χ1n) is 16.1. The number of hydrogen-bond acceptors (Lipinski definition) is 4. The van der Waals surface area contributed by atoms with Crippen LogP contribution in [0.2, 0.25) is 0 Å². The van der Waals surface area contributed by atoms with E-state index >= 15 is 0 Å². The number of aliphatic hydroxyl groups is 1. The Kier molecular flexibility index (Phi) is 5.90. The van der Waals surface area contributed by atoms with Crippen LogP contribution >= 0.6 is 0 Å². The molecule has 7 aliphatic rings. The van der Waals surface area contributed by atoms with Crippen molar-refractivity contribution < 1.29 is 14.6 Å². The molecule has 2 spiro atoms. The second-order valence-electron chi connectivity index (χ2n) is 15.3. The largest absolute Gasteiger partial charge is 0.393 e. The van der Waals surface area contributed by atoms with Crippen molar-refractivity contribution in [3.63, 3.8) is 0 Å². The lowest BCUT2D eigenvalue weighted by molar-refractivity contribution is -0.148. The molecule has 4 heteroatoms. The fraction of sp³-hybridized carbons (Fsp3) is 0.939. The highest BCUT2D eigenvalue weighted by molar-refractivity contribution is 5.36. The first-order chi connectivity index (χ1) is 17.7. The number of allylic oxidation sites excluding steroid dienone is 1. The van der Waals surface area contributed by atoms with Crippen LogP contribution in [0, 0.1) is 45.8 Å². The van der Waals surface area contributed by atoms with Crippen LogP contribution in [0.5, 0.6) is 0 Å².